The van der Waals surface area contributed by atoms with Gasteiger partial charge in [0, 0.05) is 13.7 Å². The Hall–Kier alpha value is -1.35. The van der Waals surface area contributed by atoms with Gasteiger partial charge in [0.1, 0.15) is 6.61 Å². The first-order valence-electron chi connectivity index (χ1n) is 7.01. The van der Waals surface area contributed by atoms with Gasteiger partial charge < -0.3 is 9.64 Å². The SMILES string of the molecule is COCC(=O)N1CCCC1c1ccc(C(C)C)cc1. The molecule has 0 N–H and O–H groups in total. The molecule has 0 radical (unpaired) electrons. The fraction of sp³-hybridized carbons (Fsp3) is 0.562. The van der Waals surface area contributed by atoms with Gasteiger partial charge in [0.25, 0.3) is 0 Å². The molecule has 1 aromatic carbocycles. The molecule has 0 spiro atoms. The van der Waals surface area contributed by atoms with Crippen LogP contribution in [0, 0.1) is 0 Å². The second kappa shape index (κ2) is 6.20. The van der Waals surface area contributed by atoms with E-state index in [2.05, 4.69) is 38.1 Å². The second-order valence-electron chi connectivity index (χ2n) is 5.50. The van der Waals surface area contributed by atoms with Gasteiger partial charge in [-0.1, -0.05) is 38.1 Å². The third-order valence-electron chi connectivity index (χ3n) is 3.83. The molecular weight excluding hydrogens is 238 g/mol. The number of amides is 1. The van der Waals surface area contributed by atoms with Crippen LogP contribution >= 0.6 is 0 Å². The number of rotatable bonds is 4. The molecule has 0 aliphatic carbocycles. The first-order valence-corrected chi connectivity index (χ1v) is 7.01. The highest BCUT2D eigenvalue weighted by molar-refractivity contribution is 5.78. The Balaban J connectivity index is 2.13. The van der Waals surface area contributed by atoms with E-state index < -0.39 is 0 Å². The summed E-state index contributed by atoms with van der Waals surface area (Å²) < 4.78 is 4.96. The summed E-state index contributed by atoms with van der Waals surface area (Å²) in [5.74, 6) is 0.641. The van der Waals surface area contributed by atoms with Gasteiger partial charge in [0.2, 0.25) is 5.91 Å². The smallest absolute Gasteiger partial charge is 0.249 e. The summed E-state index contributed by atoms with van der Waals surface area (Å²) in [5.41, 5.74) is 2.59. The lowest BCUT2D eigenvalue weighted by Gasteiger charge is -2.25. The van der Waals surface area contributed by atoms with Crippen LogP contribution in [0.4, 0.5) is 0 Å². The highest BCUT2D eigenvalue weighted by Gasteiger charge is 2.29. The minimum absolute atomic E-state index is 0.0953. The molecule has 1 amide bonds. The van der Waals surface area contributed by atoms with Crippen molar-refractivity contribution in [1.82, 2.24) is 4.90 Å². The Morgan fingerprint density at radius 1 is 1.37 bits per heavy atom. The molecule has 1 saturated heterocycles. The van der Waals surface area contributed by atoms with E-state index in [1.165, 1.54) is 11.1 Å². The fourth-order valence-electron chi connectivity index (χ4n) is 2.72. The Morgan fingerprint density at radius 2 is 2.05 bits per heavy atom. The largest absolute Gasteiger partial charge is 0.375 e. The lowest BCUT2D eigenvalue weighted by atomic mass is 9.98. The molecule has 0 bridgehead atoms. The maximum absolute atomic E-state index is 12.0. The lowest BCUT2D eigenvalue weighted by Crippen LogP contribution is -2.33. The van der Waals surface area contributed by atoms with Crippen LogP contribution in [0.2, 0.25) is 0 Å². The monoisotopic (exact) mass is 261 g/mol. The molecule has 0 saturated carbocycles. The maximum atomic E-state index is 12.0. The van der Waals surface area contributed by atoms with E-state index in [1.54, 1.807) is 7.11 Å². The number of nitrogens with zero attached hydrogens (tertiary/aromatic N) is 1. The van der Waals surface area contributed by atoms with Crippen molar-refractivity contribution in [2.24, 2.45) is 0 Å². The van der Waals surface area contributed by atoms with Crippen molar-refractivity contribution in [2.45, 2.75) is 38.6 Å². The zero-order valence-electron chi connectivity index (χ0n) is 12.1. The number of hydrogen-bond donors (Lipinski definition) is 0. The van der Waals surface area contributed by atoms with Crippen molar-refractivity contribution in [3.8, 4) is 0 Å². The quantitative estimate of drug-likeness (QED) is 0.833. The summed E-state index contributed by atoms with van der Waals surface area (Å²) in [6, 6.07) is 8.91. The number of hydrogen-bond acceptors (Lipinski definition) is 2. The predicted molar refractivity (Wildman–Crippen MR) is 76.1 cm³/mol. The maximum Gasteiger partial charge on any atom is 0.249 e. The van der Waals surface area contributed by atoms with Crippen LogP contribution in [0.1, 0.15) is 49.8 Å². The summed E-state index contributed by atoms with van der Waals surface area (Å²) >= 11 is 0. The molecule has 1 fully saturated rings. The van der Waals surface area contributed by atoms with Gasteiger partial charge in [-0.15, -0.1) is 0 Å². The second-order valence-corrected chi connectivity index (χ2v) is 5.50. The third kappa shape index (κ3) is 3.16. The fourth-order valence-corrected chi connectivity index (χ4v) is 2.72. The van der Waals surface area contributed by atoms with Crippen LogP contribution in [-0.2, 0) is 9.53 Å². The average molecular weight is 261 g/mol. The van der Waals surface area contributed by atoms with Gasteiger partial charge in [0.15, 0.2) is 0 Å². The number of likely N-dealkylation sites (tertiary alicyclic amines) is 1. The molecule has 1 heterocycles. The molecule has 3 heteroatoms. The number of benzene rings is 1. The molecule has 1 aliphatic heterocycles. The van der Waals surface area contributed by atoms with E-state index in [0.717, 1.165) is 19.4 Å². The molecule has 1 aliphatic rings. The van der Waals surface area contributed by atoms with E-state index >= 15 is 0 Å². The minimum Gasteiger partial charge on any atom is -0.375 e. The summed E-state index contributed by atoms with van der Waals surface area (Å²) in [7, 11) is 1.57. The van der Waals surface area contributed by atoms with Crippen LogP contribution in [-0.4, -0.2) is 31.1 Å². The van der Waals surface area contributed by atoms with E-state index in [9.17, 15) is 4.79 Å². The van der Waals surface area contributed by atoms with E-state index in [-0.39, 0.29) is 18.6 Å². The number of carbonyl (C=O) groups is 1. The van der Waals surface area contributed by atoms with E-state index in [0.29, 0.717) is 5.92 Å². The molecular formula is C16H23NO2. The molecule has 1 unspecified atom stereocenters. The number of carbonyl (C=O) groups excluding carboxylic acids is 1. The topological polar surface area (TPSA) is 29.5 Å². The van der Waals surface area contributed by atoms with Crippen molar-refractivity contribution in [3.63, 3.8) is 0 Å². The van der Waals surface area contributed by atoms with Crippen molar-refractivity contribution >= 4 is 5.91 Å². The van der Waals surface area contributed by atoms with Gasteiger partial charge in [0.05, 0.1) is 6.04 Å². The Morgan fingerprint density at radius 3 is 2.63 bits per heavy atom. The summed E-state index contributed by atoms with van der Waals surface area (Å²) in [4.78, 5) is 14.0. The van der Waals surface area contributed by atoms with Gasteiger partial charge in [-0.05, 0) is 29.9 Å². The van der Waals surface area contributed by atoms with E-state index in [4.69, 9.17) is 4.74 Å². The molecule has 104 valence electrons. The zero-order valence-corrected chi connectivity index (χ0v) is 12.1. The molecule has 19 heavy (non-hydrogen) atoms. The first kappa shape index (κ1) is 14.1. The Bertz CT molecular complexity index is 425. The zero-order chi connectivity index (χ0) is 13.8. The van der Waals surface area contributed by atoms with Crippen LogP contribution in [0.5, 0.6) is 0 Å². The Kier molecular flexibility index (Phi) is 4.59. The highest BCUT2D eigenvalue weighted by atomic mass is 16.5. The first-order chi connectivity index (χ1) is 9.13. The Labute approximate surface area is 115 Å². The van der Waals surface area contributed by atoms with Gasteiger partial charge in [-0.25, -0.2) is 0 Å². The van der Waals surface area contributed by atoms with Gasteiger partial charge >= 0.3 is 0 Å². The van der Waals surface area contributed by atoms with Crippen LogP contribution in [0.15, 0.2) is 24.3 Å². The van der Waals surface area contributed by atoms with Crippen molar-refractivity contribution in [1.29, 1.82) is 0 Å². The molecule has 1 atom stereocenters. The van der Waals surface area contributed by atoms with Gasteiger partial charge in [-0.3, -0.25) is 4.79 Å². The summed E-state index contributed by atoms with van der Waals surface area (Å²) in [6.07, 6.45) is 2.13. The van der Waals surface area contributed by atoms with Crippen molar-refractivity contribution < 1.29 is 9.53 Å². The van der Waals surface area contributed by atoms with E-state index in [1.807, 2.05) is 4.90 Å². The summed E-state index contributed by atoms with van der Waals surface area (Å²) in [5, 5.41) is 0. The van der Waals surface area contributed by atoms with Crippen LogP contribution < -0.4 is 0 Å². The third-order valence-corrected chi connectivity index (χ3v) is 3.83. The highest BCUT2D eigenvalue weighted by Crippen LogP contribution is 2.32. The molecule has 3 nitrogen and oxygen atoms in total. The van der Waals surface area contributed by atoms with Crippen molar-refractivity contribution in [2.75, 3.05) is 20.3 Å². The van der Waals surface area contributed by atoms with Crippen LogP contribution in [0.3, 0.4) is 0 Å². The molecule has 0 aromatic heterocycles. The van der Waals surface area contributed by atoms with Gasteiger partial charge in [-0.2, -0.15) is 0 Å². The number of ether oxygens (including phenoxy) is 1. The normalized spacial score (nSPS) is 19.2. The standard InChI is InChI=1S/C16H23NO2/c1-12(2)13-6-8-14(9-7-13)15-5-4-10-17(15)16(18)11-19-3/h6-9,12,15H,4-5,10-11H2,1-3H3. The number of methoxy groups -OCH3 is 1. The minimum atomic E-state index is 0.0953. The molecule has 2 rings (SSSR count). The lowest BCUT2D eigenvalue weighted by molar-refractivity contribution is -0.136. The van der Waals surface area contributed by atoms with Crippen molar-refractivity contribution in [3.05, 3.63) is 35.4 Å². The molecule has 1 aromatic rings. The average Bonchev–Trinajstić information content (AvgIpc) is 2.88. The van der Waals surface area contributed by atoms with Crippen LogP contribution in [0.25, 0.3) is 0 Å². The predicted octanol–water partition coefficient (Wildman–Crippen LogP) is 3.12. The summed E-state index contributed by atoms with van der Waals surface area (Å²) in [6.45, 7) is 5.41.